The van der Waals surface area contributed by atoms with Crippen LogP contribution in [0.4, 0.5) is 0 Å². The third kappa shape index (κ3) is 3.50. The summed E-state index contributed by atoms with van der Waals surface area (Å²) in [6.07, 6.45) is 2.80. The zero-order chi connectivity index (χ0) is 14.6. The molecule has 1 atom stereocenters. The van der Waals surface area contributed by atoms with E-state index >= 15 is 0 Å². The highest BCUT2D eigenvalue weighted by molar-refractivity contribution is 6.31. The second-order valence-corrected chi connectivity index (χ2v) is 6.05. The zero-order valence-corrected chi connectivity index (χ0v) is 13.8. The average molecular weight is 287 g/mol. The van der Waals surface area contributed by atoms with E-state index in [4.69, 9.17) is 11.6 Å². The molecule has 1 N–H and O–H groups in total. The van der Waals surface area contributed by atoms with Crippen molar-refractivity contribution in [3.05, 3.63) is 16.9 Å². The van der Waals surface area contributed by atoms with Gasteiger partial charge in [-0.1, -0.05) is 25.4 Å². The van der Waals surface area contributed by atoms with Crippen molar-refractivity contribution in [2.45, 2.75) is 52.2 Å². The molecule has 110 valence electrons. The molecule has 0 aromatic carbocycles. The van der Waals surface area contributed by atoms with Crippen LogP contribution in [-0.4, -0.2) is 40.9 Å². The van der Waals surface area contributed by atoms with E-state index in [-0.39, 0.29) is 11.6 Å². The summed E-state index contributed by atoms with van der Waals surface area (Å²) in [5.74, 6) is 0. The van der Waals surface area contributed by atoms with Crippen molar-refractivity contribution < 1.29 is 0 Å². The number of aromatic nitrogens is 2. The van der Waals surface area contributed by atoms with Gasteiger partial charge in [-0.15, -0.1) is 0 Å². The third-order valence-corrected chi connectivity index (χ3v) is 4.10. The topological polar surface area (TPSA) is 33.1 Å². The Hall–Kier alpha value is -0.580. The average Bonchev–Trinajstić information content (AvgIpc) is 2.68. The van der Waals surface area contributed by atoms with E-state index in [1.165, 1.54) is 0 Å². The highest BCUT2D eigenvalue weighted by atomic mass is 35.5. The summed E-state index contributed by atoms with van der Waals surface area (Å²) < 4.78 is 2.03. The maximum Gasteiger partial charge on any atom is 0.0834 e. The van der Waals surface area contributed by atoms with Crippen LogP contribution < -0.4 is 5.32 Å². The number of aryl methyl sites for hydroxylation is 1. The predicted molar refractivity (Wildman–Crippen MR) is 81.7 cm³/mol. The summed E-state index contributed by atoms with van der Waals surface area (Å²) in [7, 11) is 4.19. The molecule has 0 aliphatic rings. The lowest BCUT2D eigenvalue weighted by Gasteiger charge is -2.41. The van der Waals surface area contributed by atoms with Crippen LogP contribution in [0.15, 0.2) is 6.20 Å². The van der Waals surface area contributed by atoms with Gasteiger partial charge in [0, 0.05) is 12.1 Å². The molecular formula is C14H27ClN4. The van der Waals surface area contributed by atoms with Crippen molar-refractivity contribution in [2.75, 3.05) is 20.6 Å². The Balaban J connectivity index is 3.22. The van der Waals surface area contributed by atoms with Gasteiger partial charge in [-0.05, 0) is 40.9 Å². The van der Waals surface area contributed by atoms with Gasteiger partial charge in [-0.2, -0.15) is 5.10 Å². The van der Waals surface area contributed by atoms with Gasteiger partial charge in [0.15, 0.2) is 0 Å². The first-order valence-corrected chi connectivity index (χ1v) is 7.36. The van der Waals surface area contributed by atoms with Crippen LogP contribution in [0.25, 0.3) is 0 Å². The standard InChI is InChI=1S/C14H27ClN4/c1-7-9-19-12(11(15)10-17-19)13(16-8-2)14(3,4)18(5)6/h10,13,16H,7-9H2,1-6H3. The minimum Gasteiger partial charge on any atom is -0.307 e. The highest BCUT2D eigenvalue weighted by Crippen LogP contribution is 2.33. The van der Waals surface area contributed by atoms with E-state index in [1.54, 1.807) is 6.20 Å². The first-order valence-electron chi connectivity index (χ1n) is 6.98. The molecule has 0 aliphatic heterocycles. The molecule has 0 aliphatic carbocycles. The first-order chi connectivity index (χ1) is 8.86. The summed E-state index contributed by atoms with van der Waals surface area (Å²) >= 11 is 6.38. The maximum absolute atomic E-state index is 6.38. The lowest BCUT2D eigenvalue weighted by Crippen LogP contribution is -2.50. The van der Waals surface area contributed by atoms with Crippen LogP contribution in [0, 0.1) is 0 Å². The fourth-order valence-electron chi connectivity index (χ4n) is 2.19. The van der Waals surface area contributed by atoms with Gasteiger partial charge in [0.2, 0.25) is 0 Å². The number of halogens is 1. The second kappa shape index (κ2) is 6.73. The van der Waals surface area contributed by atoms with Crippen LogP contribution in [0.1, 0.15) is 45.9 Å². The van der Waals surface area contributed by atoms with Gasteiger partial charge in [-0.3, -0.25) is 4.68 Å². The number of likely N-dealkylation sites (N-methyl/N-ethyl adjacent to an activating group) is 2. The molecular weight excluding hydrogens is 260 g/mol. The highest BCUT2D eigenvalue weighted by Gasteiger charge is 2.35. The summed E-state index contributed by atoms with van der Waals surface area (Å²) in [4.78, 5) is 2.22. The molecule has 0 radical (unpaired) electrons. The van der Waals surface area contributed by atoms with Crippen molar-refractivity contribution in [1.29, 1.82) is 0 Å². The molecule has 1 aromatic heterocycles. The zero-order valence-electron chi connectivity index (χ0n) is 13.0. The Morgan fingerprint density at radius 3 is 2.53 bits per heavy atom. The van der Waals surface area contributed by atoms with E-state index in [0.29, 0.717) is 0 Å². The van der Waals surface area contributed by atoms with Crippen molar-refractivity contribution in [3.8, 4) is 0 Å². The Labute approximate surface area is 122 Å². The molecule has 1 heterocycles. The van der Waals surface area contributed by atoms with E-state index in [2.05, 4.69) is 57.1 Å². The normalized spacial score (nSPS) is 14.1. The summed E-state index contributed by atoms with van der Waals surface area (Å²) in [6.45, 7) is 10.5. The summed E-state index contributed by atoms with van der Waals surface area (Å²) in [5.41, 5.74) is 1.04. The largest absolute Gasteiger partial charge is 0.307 e. The second-order valence-electron chi connectivity index (χ2n) is 5.64. The Kier molecular flexibility index (Phi) is 5.83. The molecule has 4 nitrogen and oxygen atoms in total. The Morgan fingerprint density at radius 1 is 1.42 bits per heavy atom. The molecule has 0 spiro atoms. The van der Waals surface area contributed by atoms with Crippen molar-refractivity contribution in [3.63, 3.8) is 0 Å². The molecule has 1 rings (SSSR count). The maximum atomic E-state index is 6.38. The fraction of sp³-hybridized carbons (Fsp3) is 0.786. The van der Waals surface area contributed by atoms with E-state index in [1.807, 2.05) is 4.68 Å². The molecule has 1 unspecified atom stereocenters. The number of nitrogens with one attached hydrogen (secondary N) is 1. The first kappa shape index (κ1) is 16.5. The van der Waals surface area contributed by atoms with Gasteiger partial charge in [-0.25, -0.2) is 0 Å². The predicted octanol–water partition coefficient (Wildman–Crippen LogP) is 2.94. The molecule has 0 amide bonds. The lowest BCUT2D eigenvalue weighted by molar-refractivity contribution is 0.133. The van der Waals surface area contributed by atoms with Gasteiger partial charge < -0.3 is 10.2 Å². The number of hydrogen-bond acceptors (Lipinski definition) is 3. The molecule has 19 heavy (non-hydrogen) atoms. The van der Waals surface area contributed by atoms with Gasteiger partial charge in [0.25, 0.3) is 0 Å². The number of rotatable bonds is 7. The van der Waals surface area contributed by atoms with Crippen LogP contribution in [-0.2, 0) is 6.54 Å². The SMILES string of the molecule is CCCn1ncc(Cl)c1C(NCC)C(C)(C)N(C)C. The van der Waals surface area contributed by atoms with Crippen molar-refractivity contribution in [2.24, 2.45) is 0 Å². The molecule has 1 aromatic rings. The quantitative estimate of drug-likeness (QED) is 0.837. The van der Waals surface area contributed by atoms with Crippen molar-refractivity contribution >= 4 is 11.6 Å². The molecule has 0 bridgehead atoms. The van der Waals surface area contributed by atoms with Crippen molar-refractivity contribution in [1.82, 2.24) is 20.0 Å². The lowest BCUT2D eigenvalue weighted by atomic mass is 9.90. The van der Waals surface area contributed by atoms with Crippen LogP contribution >= 0.6 is 11.6 Å². The minimum absolute atomic E-state index is 0.0504. The van der Waals surface area contributed by atoms with Gasteiger partial charge in [0.1, 0.15) is 0 Å². The molecule has 0 saturated heterocycles. The summed E-state index contributed by atoms with van der Waals surface area (Å²) in [5, 5.41) is 8.71. The minimum atomic E-state index is -0.0504. The summed E-state index contributed by atoms with van der Waals surface area (Å²) in [6, 6.07) is 0.147. The smallest absolute Gasteiger partial charge is 0.0834 e. The molecule has 0 fully saturated rings. The monoisotopic (exact) mass is 286 g/mol. The third-order valence-electron chi connectivity index (χ3n) is 3.81. The van der Waals surface area contributed by atoms with E-state index in [0.717, 1.165) is 30.2 Å². The van der Waals surface area contributed by atoms with Gasteiger partial charge >= 0.3 is 0 Å². The van der Waals surface area contributed by atoms with Gasteiger partial charge in [0.05, 0.1) is 23.0 Å². The Bertz CT molecular complexity index is 398. The van der Waals surface area contributed by atoms with Crippen LogP contribution in [0.2, 0.25) is 5.02 Å². The van der Waals surface area contributed by atoms with Crippen LogP contribution in [0.5, 0.6) is 0 Å². The van der Waals surface area contributed by atoms with E-state index < -0.39 is 0 Å². The van der Waals surface area contributed by atoms with Crippen LogP contribution in [0.3, 0.4) is 0 Å². The fourth-order valence-corrected chi connectivity index (χ4v) is 2.44. The molecule has 0 saturated carbocycles. The molecule has 5 heteroatoms. The number of hydrogen-bond donors (Lipinski definition) is 1. The number of nitrogens with zero attached hydrogens (tertiary/aromatic N) is 3. The Morgan fingerprint density at radius 2 is 2.05 bits per heavy atom. The van der Waals surface area contributed by atoms with E-state index in [9.17, 15) is 0 Å².